The molecular weight excluding hydrogens is 696 g/mol. The maximum atomic E-state index is 13.3. The van der Waals surface area contributed by atoms with E-state index in [1.54, 1.807) is 7.11 Å². The number of carbonyl (C=O) groups excluding carboxylic acids is 3. The quantitative estimate of drug-likeness (QED) is 0.170. The van der Waals surface area contributed by atoms with Gasteiger partial charge in [0.2, 0.25) is 29.5 Å². The van der Waals surface area contributed by atoms with Gasteiger partial charge >= 0.3 is 0 Å². The molecular formula is C39H43ClN8O5. The third-order valence-corrected chi connectivity index (χ3v) is 10.3. The fraction of sp³-hybridized carbons (Fsp3) is 0.359. The standard InChI is InChI=1S/C39H43ClN8O5/c1-52-34-23-29(11-12-32(34)43-39-41-24-31(40)38(45-39)53-30-5-3-2-4-6-30)47-19-21-48(22-20-47)36(50)25-46-17-15-27(16-18-46)26-7-9-28(10-8-26)42-33-13-14-35(49)44-37(33)51/h2-12,23-24,27,33,42H,13-22,25H2,1H3,(H,41,43,45)(H,44,49,51). The monoisotopic (exact) mass is 738 g/mol. The summed E-state index contributed by atoms with van der Waals surface area (Å²) < 4.78 is 11.6. The fourth-order valence-electron chi connectivity index (χ4n) is 7.00. The molecule has 3 N–H and O–H groups in total. The van der Waals surface area contributed by atoms with E-state index in [1.807, 2.05) is 65.6 Å². The van der Waals surface area contributed by atoms with Crippen molar-refractivity contribution in [1.29, 1.82) is 0 Å². The van der Waals surface area contributed by atoms with Crippen molar-refractivity contribution in [1.82, 2.24) is 25.1 Å². The van der Waals surface area contributed by atoms with Crippen molar-refractivity contribution in [3.63, 3.8) is 0 Å². The van der Waals surface area contributed by atoms with Crippen molar-refractivity contribution in [2.24, 2.45) is 0 Å². The second-order valence-corrected chi connectivity index (χ2v) is 13.9. The second kappa shape index (κ2) is 16.5. The number of halogens is 1. The number of hydrogen-bond acceptors (Lipinski definition) is 11. The summed E-state index contributed by atoms with van der Waals surface area (Å²) in [5.41, 5.74) is 3.84. The number of piperazine rings is 1. The molecule has 0 radical (unpaired) electrons. The minimum absolute atomic E-state index is 0.169. The zero-order valence-electron chi connectivity index (χ0n) is 29.6. The number of rotatable bonds is 11. The van der Waals surface area contributed by atoms with Gasteiger partial charge in [-0.15, -0.1) is 0 Å². The van der Waals surface area contributed by atoms with Gasteiger partial charge in [0.25, 0.3) is 0 Å². The van der Waals surface area contributed by atoms with Crippen LogP contribution < -0.4 is 30.3 Å². The maximum Gasteiger partial charge on any atom is 0.249 e. The van der Waals surface area contributed by atoms with Crippen LogP contribution in [0, 0.1) is 0 Å². The lowest BCUT2D eigenvalue weighted by Crippen LogP contribution is -2.51. The number of likely N-dealkylation sites (tertiary alicyclic amines) is 1. The lowest BCUT2D eigenvalue weighted by Gasteiger charge is -2.38. The molecule has 3 amide bonds. The average molecular weight is 739 g/mol. The number of amides is 3. The topological polar surface area (TPSA) is 141 Å². The number of aromatic nitrogens is 2. The highest BCUT2D eigenvalue weighted by Gasteiger charge is 2.28. The van der Waals surface area contributed by atoms with Crippen molar-refractivity contribution in [3.8, 4) is 17.4 Å². The molecule has 3 aliphatic heterocycles. The van der Waals surface area contributed by atoms with Crippen LogP contribution in [0.2, 0.25) is 5.02 Å². The third kappa shape index (κ3) is 8.98. The van der Waals surface area contributed by atoms with Crippen molar-refractivity contribution >= 4 is 52.3 Å². The Morgan fingerprint density at radius 3 is 2.42 bits per heavy atom. The predicted octanol–water partition coefficient (Wildman–Crippen LogP) is 5.42. The Bertz CT molecular complexity index is 1920. The first-order chi connectivity index (χ1) is 25.8. The molecule has 4 heterocycles. The summed E-state index contributed by atoms with van der Waals surface area (Å²) in [5, 5.41) is 9.14. The molecule has 4 aromatic rings. The van der Waals surface area contributed by atoms with Crippen molar-refractivity contribution in [2.45, 2.75) is 37.6 Å². The Balaban J connectivity index is 0.864. The van der Waals surface area contributed by atoms with Crippen molar-refractivity contribution in [2.75, 3.05) is 68.5 Å². The lowest BCUT2D eigenvalue weighted by molar-refractivity contribution is -0.134. The largest absolute Gasteiger partial charge is 0.494 e. The van der Waals surface area contributed by atoms with Crippen LogP contribution in [-0.2, 0) is 14.4 Å². The van der Waals surface area contributed by atoms with Gasteiger partial charge < -0.3 is 29.9 Å². The Kier molecular flexibility index (Phi) is 11.2. The lowest BCUT2D eigenvalue weighted by atomic mass is 9.89. The van der Waals surface area contributed by atoms with Gasteiger partial charge in [-0.05, 0) is 80.2 Å². The number of methoxy groups -OCH3 is 1. The van der Waals surface area contributed by atoms with Crippen LogP contribution in [0.5, 0.6) is 17.4 Å². The summed E-state index contributed by atoms with van der Waals surface area (Å²) >= 11 is 6.30. The first-order valence-electron chi connectivity index (χ1n) is 18.0. The molecule has 1 atom stereocenters. The second-order valence-electron chi connectivity index (χ2n) is 13.5. The number of nitrogens with zero attached hydrogens (tertiary/aromatic N) is 5. The number of imide groups is 1. The molecule has 0 aliphatic carbocycles. The number of para-hydroxylation sites is 1. The number of benzene rings is 3. The zero-order chi connectivity index (χ0) is 36.7. The first-order valence-corrected chi connectivity index (χ1v) is 18.3. The number of hydrogen-bond donors (Lipinski definition) is 3. The highest BCUT2D eigenvalue weighted by molar-refractivity contribution is 6.31. The van der Waals surface area contributed by atoms with Gasteiger partial charge in [-0.3, -0.25) is 24.6 Å². The highest BCUT2D eigenvalue weighted by atomic mass is 35.5. The van der Waals surface area contributed by atoms with Gasteiger partial charge in [-0.2, -0.15) is 4.98 Å². The zero-order valence-corrected chi connectivity index (χ0v) is 30.3. The minimum Gasteiger partial charge on any atom is -0.494 e. The van der Waals surface area contributed by atoms with E-state index >= 15 is 0 Å². The van der Waals surface area contributed by atoms with Gasteiger partial charge in [0.05, 0.1) is 25.5 Å². The number of carbonyl (C=O) groups is 3. The van der Waals surface area contributed by atoms with Crippen LogP contribution in [0.15, 0.2) is 79.0 Å². The fourth-order valence-corrected chi connectivity index (χ4v) is 7.13. The molecule has 1 aromatic heterocycles. The minimum atomic E-state index is -0.395. The smallest absolute Gasteiger partial charge is 0.249 e. The average Bonchev–Trinajstić information content (AvgIpc) is 3.18. The van der Waals surface area contributed by atoms with Crippen molar-refractivity contribution < 1.29 is 23.9 Å². The van der Waals surface area contributed by atoms with Crippen LogP contribution in [0.4, 0.5) is 23.0 Å². The molecule has 13 nitrogen and oxygen atoms in total. The molecule has 3 saturated heterocycles. The van der Waals surface area contributed by atoms with Gasteiger partial charge in [-0.25, -0.2) is 4.98 Å². The molecule has 3 aromatic carbocycles. The summed E-state index contributed by atoms with van der Waals surface area (Å²) in [6.07, 6.45) is 4.31. The summed E-state index contributed by atoms with van der Waals surface area (Å²) in [7, 11) is 1.62. The molecule has 276 valence electrons. The van der Waals surface area contributed by atoms with Crippen LogP contribution in [0.3, 0.4) is 0 Å². The van der Waals surface area contributed by atoms with Crippen LogP contribution in [0.1, 0.15) is 37.2 Å². The van der Waals surface area contributed by atoms with E-state index in [0.717, 1.165) is 50.4 Å². The van der Waals surface area contributed by atoms with E-state index in [0.29, 0.717) is 66.6 Å². The van der Waals surface area contributed by atoms with E-state index in [2.05, 4.69) is 47.9 Å². The molecule has 0 bridgehead atoms. The Hall–Kier alpha value is -5.40. The Morgan fingerprint density at radius 1 is 0.943 bits per heavy atom. The number of ether oxygens (including phenoxy) is 2. The summed E-state index contributed by atoms with van der Waals surface area (Å²) in [6, 6.07) is 23.1. The Morgan fingerprint density at radius 2 is 1.70 bits per heavy atom. The van der Waals surface area contributed by atoms with E-state index in [9.17, 15) is 14.4 Å². The van der Waals surface area contributed by atoms with E-state index < -0.39 is 6.04 Å². The van der Waals surface area contributed by atoms with E-state index in [1.165, 1.54) is 11.8 Å². The molecule has 3 fully saturated rings. The first kappa shape index (κ1) is 36.0. The normalized spacial score (nSPS) is 18.3. The number of anilines is 4. The number of piperidine rings is 2. The molecule has 3 aliphatic rings. The van der Waals surface area contributed by atoms with E-state index in [4.69, 9.17) is 21.1 Å². The molecule has 0 saturated carbocycles. The van der Waals surface area contributed by atoms with Gasteiger partial charge in [0.15, 0.2) is 0 Å². The summed E-state index contributed by atoms with van der Waals surface area (Å²) in [6.45, 7) is 4.92. The highest BCUT2D eigenvalue weighted by Crippen LogP contribution is 2.34. The van der Waals surface area contributed by atoms with Crippen molar-refractivity contribution in [3.05, 3.63) is 89.6 Å². The molecule has 1 unspecified atom stereocenters. The molecule has 14 heteroatoms. The van der Waals surface area contributed by atoms with Gasteiger partial charge in [0, 0.05) is 50.0 Å². The molecule has 53 heavy (non-hydrogen) atoms. The third-order valence-electron chi connectivity index (χ3n) is 10.0. The van der Waals surface area contributed by atoms with Crippen LogP contribution in [-0.4, -0.2) is 96.5 Å². The number of nitrogens with one attached hydrogen (secondary N) is 3. The molecule has 7 rings (SSSR count). The van der Waals surface area contributed by atoms with E-state index in [-0.39, 0.29) is 23.6 Å². The summed E-state index contributed by atoms with van der Waals surface area (Å²) in [4.78, 5) is 52.1. The SMILES string of the molecule is COc1cc(N2CCN(C(=O)CN3CCC(c4ccc(NC5CCC(=O)NC5=O)cc4)CC3)CC2)ccc1Nc1ncc(Cl)c(Oc2ccccc2)n1. The summed E-state index contributed by atoms with van der Waals surface area (Å²) in [5.74, 6) is 1.92. The predicted molar refractivity (Wildman–Crippen MR) is 203 cm³/mol. The maximum absolute atomic E-state index is 13.3. The van der Waals surface area contributed by atoms with Crippen LogP contribution >= 0.6 is 11.6 Å². The van der Waals surface area contributed by atoms with Crippen LogP contribution in [0.25, 0.3) is 0 Å². The Labute approximate surface area is 313 Å². The molecule has 0 spiro atoms. The van der Waals surface area contributed by atoms with Gasteiger partial charge in [-0.1, -0.05) is 41.9 Å². The van der Waals surface area contributed by atoms with Gasteiger partial charge in [0.1, 0.15) is 22.6 Å².